The van der Waals surface area contributed by atoms with Crippen LogP contribution in [0.3, 0.4) is 0 Å². The summed E-state index contributed by atoms with van der Waals surface area (Å²) in [5.74, 6) is 0. The Morgan fingerprint density at radius 1 is 1.22 bits per heavy atom. The van der Waals surface area contributed by atoms with E-state index in [0.717, 1.165) is 20.3 Å². The second-order valence-corrected chi connectivity index (χ2v) is 5.86. The number of hydrogen-bond acceptors (Lipinski definition) is 3. The van der Waals surface area contributed by atoms with Crippen LogP contribution in [-0.2, 0) is 0 Å². The number of nitrogens with zero attached hydrogens (tertiary/aromatic N) is 1. The summed E-state index contributed by atoms with van der Waals surface area (Å²) < 4.78 is 1.07. The summed E-state index contributed by atoms with van der Waals surface area (Å²) in [7, 11) is 0. The zero-order chi connectivity index (χ0) is 12.5. The van der Waals surface area contributed by atoms with Gasteiger partial charge < -0.3 is 5.73 Å². The van der Waals surface area contributed by atoms with Gasteiger partial charge in [0.05, 0.1) is 6.04 Å². The van der Waals surface area contributed by atoms with Gasteiger partial charge in [-0.05, 0) is 44.4 Å². The number of rotatable bonds is 2. The highest BCUT2D eigenvalue weighted by atomic mass is 79.9. The number of benzene rings is 1. The first-order valence-electron chi connectivity index (χ1n) is 5.58. The number of nitrogens with two attached hydrogens (primary N) is 1. The van der Waals surface area contributed by atoms with E-state index in [0.29, 0.717) is 0 Å². The average molecular weight is 319 g/mol. The van der Waals surface area contributed by atoms with Crippen molar-refractivity contribution in [3.63, 3.8) is 0 Å². The van der Waals surface area contributed by atoms with Gasteiger partial charge in [0.1, 0.15) is 0 Å². The molecule has 3 rings (SSSR count). The lowest BCUT2D eigenvalue weighted by Gasteiger charge is -2.13. The van der Waals surface area contributed by atoms with Crippen LogP contribution in [0.25, 0.3) is 10.8 Å². The number of fused-ring (bicyclic) bond motifs is 1. The van der Waals surface area contributed by atoms with E-state index in [1.54, 1.807) is 17.5 Å². The standard InChI is InChI=1S/C14H11BrN2S/c15-12-5-7-18-14(12)13(16)10-3-1-2-9-4-6-17-8-11(9)10/h1-8,13H,16H2. The van der Waals surface area contributed by atoms with Gasteiger partial charge in [-0.1, -0.05) is 18.2 Å². The van der Waals surface area contributed by atoms with E-state index in [1.807, 2.05) is 29.8 Å². The molecule has 0 saturated heterocycles. The third-order valence-corrected chi connectivity index (χ3v) is 4.93. The maximum absolute atomic E-state index is 6.38. The van der Waals surface area contributed by atoms with Crippen molar-refractivity contribution in [3.8, 4) is 0 Å². The van der Waals surface area contributed by atoms with Crippen molar-refractivity contribution in [2.45, 2.75) is 6.04 Å². The smallest absolute Gasteiger partial charge is 0.0664 e. The van der Waals surface area contributed by atoms with Gasteiger partial charge in [0.25, 0.3) is 0 Å². The Morgan fingerprint density at radius 2 is 2.11 bits per heavy atom. The van der Waals surface area contributed by atoms with Gasteiger partial charge in [0.15, 0.2) is 0 Å². The Morgan fingerprint density at radius 3 is 2.89 bits per heavy atom. The first-order valence-corrected chi connectivity index (χ1v) is 7.26. The van der Waals surface area contributed by atoms with Gasteiger partial charge in [0, 0.05) is 27.1 Å². The van der Waals surface area contributed by atoms with Crippen LogP contribution in [0.1, 0.15) is 16.5 Å². The number of pyridine rings is 1. The summed E-state index contributed by atoms with van der Waals surface area (Å²) in [4.78, 5) is 5.34. The average Bonchev–Trinajstić information content (AvgIpc) is 2.83. The lowest BCUT2D eigenvalue weighted by Crippen LogP contribution is -2.11. The van der Waals surface area contributed by atoms with Gasteiger partial charge in [-0.2, -0.15) is 0 Å². The first kappa shape index (κ1) is 11.8. The van der Waals surface area contributed by atoms with E-state index >= 15 is 0 Å². The van der Waals surface area contributed by atoms with Gasteiger partial charge >= 0.3 is 0 Å². The topological polar surface area (TPSA) is 38.9 Å². The lowest BCUT2D eigenvalue weighted by molar-refractivity contribution is 0.898. The fraction of sp³-hybridized carbons (Fsp3) is 0.0714. The predicted molar refractivity (Wildman–Crippen MR) is 79.8 cm³/mol. The van der Waals surface area contributed by atoms with E-state index in [-0.39, 0.29) is 6.04 Å². The lowest BCUT2D eigenvalue weighted by atomic mass is 10.00. The minimum atomic E-state index is -0.118. The molecule has 0 saturated carbocycles. The number of aromatic nitrogens is 1. The molecular weight excluding hydrogens is 308 g/mol. The van der Waals surface area contributed by atoms with E-state index in [2.05, 4.69) is 33.0 Å². The van der Waals surface area contributed by atoms with Crippen LogP contribution in [0.15, 0.2) is 52.6 Å². The van der Waals surface area contributed by atoms with Crippen molar-refractivity contribution in [3.05, 3.63) is 63.0 Å². The normalized spacial score (nSPS) is 12.8. The Hall–Kier alpha value is -1.23. The monoisotopic (exact) mass is 318 g/mol. The molecular formula is C14H11BrN2S. The van der Waals surface area contributed by atoms with Gasteiger partial charge in [0.2, 0.25) is 0 Å². The zero-order valence-corrected chi connectivity index (χ0v) is 11.9. The van der Waals surface area contributed by atoms with Crippen LogP contribution >= 0.6 is 27.3 Å². The summed E-state index contributed by atoms with van der Waals surface area (Å²) in [6.07, 6.45) is 3.69. The molecule has 0 aliphatic heterocycles. The van der Waals surface area contributed by atoms with Crippen molar-refractivity contribution in [1.82, 2.24) is 4.98 Å². The molecule has 0 aliphatic carbocycles. The van der Waals surface area contributed by atoms with Gasteiger partial charge in [-0.25, -0.2) is 0 Å². The molecule has 1 atom stereocenters. The summed E-state index contributed by atoms with van der Waals surface area (Å²) in [5.41, 5.74) is 7.49. The third kappa shape index (κ3) is 1.96. The highest BCUT2D eigenvalue weighted by Gasteiger charge is 2.15. The molecule has 0 bridgehead atoms. The summed E-state index contributed by atoms with van der Waals surface area (Å²) in [6, 6.07) is 10.1. The highest BCUT2D eigenvalue weighted by Crippen LogP contribution is 2.34. The first-order chi connectivity index (χ1) is 8.77. The molecule has 0 amide bonds. The molecule has 4 heteroatoms. The maximum atomic E-state index is 6.38. The molecule has 2 aromatic heterocycles. The molecule has 2 N–H and O–H groups in total. The second kappa shape index (κ2) is 4.80. The second-order valence-electron chi connectivity index (χ2n) is 4.05. The fourth-order valence-electron chi connectivity index (χ4n) is 2.08. The van der Waals surface area contributed by atoms with Crippen LogP contribution in [0.5, 0.6) is 0 Å². The maximum Gasteiger partial charge on any atom is 0.0664 e. The Balaban J connectivity index is 2.18. The van der Waals surface area contributed by atoms with Crippen LogP contribution in [0, 0.1) is 0 Å². The van der Waals surface area contributed by atoms with E-state index in [4.69, 9.17) is 5.73 Å². The zero-order valence-electron chi connectivity index (χ0n) is 9.51. The Kier molecular flexibility index (Phi) is 3.16. The van der Waals surface area contributed by atoms with E-state index in [1.165, 1.54) is 5.39 Å². The fourth-order valence-corrected chi connectivity index (χ4v) is 3.72. The van der Waals surface area contributed by atoms with Crippen LogP contribution in [0.4, 0.5) is 0 Å². The van der Waals surface area contributed by atoms with Crippen molar-refractivity contribution < 1.29 is 0 Å². The molecule has 2 nitrogen and oxygen atoms in total. The molecule has 2 heterocycles. The minimum Gasteiger partial charge on any atom is -0.320 e. The third-order valence-electron chi connectivity index (χ3n) is 2.98. The minimum absolute atomic E-state index is 0.118. The molecule has 1 unspecified atom stereocenters. The van der Waals surface area contributed by atoms with Gasteiger partial charge in [-0.15, -0.1) is 11.3 Å². The number of hydrogen-bond donors (Lipinski definition) is 1. The molecule has 1 aromatic carbocycles. The Bertz CT molecular complexity index is 688. The summed E-state index contributed by atoms with van der Waals surface area (Å²) in [6.45, 7) is 0. The molecule has 0 aliphatic rings. The molecule has 90 valence electrons. The van der Waals surface area contributed by atoms with Crippen molar-refractivity contribution in [2.24, 2.45) is 5.73 Å². The molecule has 0 radical (unpaired) electrons. The largest absolute Gasteiger partial charge is 0.320 e. The van der Waals surface area contributed by atoms with E-state index < -0.39 is 0 Å². The quantitative estimate of drug-likeness (QED) is 0.772. The predicted octanol–water partition coefficient (Wildman–Crippen LogP) is 4.11. The number of halogens is 1. The van der Waals surface area contributed by atoms with E-state index in [9.17, 15) is 0 Å². The van der Waals surface area contributed by atoms with Crippen LogP contribution in [0.2, 0.25) is 0 Å². The molecule has 0 fully saturated rings. The highest BCUT2D eigenvalue weighted by molar-refractivity contribution is 9.10. The summed E-state index contributed by atoms with van der Waals surface area (Å²) in [5, 5.41) is 4.33. The Labute approximate surface area is 118 Å². The van der Waals surface area contributed by atoms with Crippen LogP contribution in [-0.4, -0.2) is 4.98 Å². The molecule has 3 aromatic rings. The van der Waals surface area contributed by atoms with Crippen LogP contribution < -0.4 is 5.73 Å². The number of thiophene rings is 1. The SMILES string of the molecule is NC(c1sccc1Br)c1cccc2ccncc12. The van der Waals surface area contributed by atoms with Crippen molar-refractivity contribution >= 4 is 38.0 Å². The summed E-state index contributed by atoms with van der Waals surface area (Å²) >= 11 is 5.21. The molecule has 0 spiro atoms. The molecule has 18 heavy (non-hydrogen) atoms. The van der Waals surface area contributed by atoms with Crippen molar-refractivity contribution in [1.29, 1.82) is 0 Å². The van der Waals surface area contributed by atoms with Crippen molar-refractivity contribution in [2.75, 3.05) is 0 Å². The van der Waals surface area contributed by atoms with Gasteiger partial charge in [-0.3, -0.25) is 4.98 Å².